The summed E-state index contributed by atoms with van der Waals surface area (Å²) in [6, 6.07) is 13.1. The molecule has 4 rings (SSSR count). The number of nitrogens with zero attached hydrogens (tertiary/aromatic N) is 2. The minimum atomic E-state index is -3.37. The van der Waals surface area contributed by atoms with Crippen molar-refractivity contribution in [2.45, 2.75) is 43.1 Å². The van der Waals surface area contributed by atoms with Crippen LogP contribution in [0, 0.1) is 0 Å². The van der Waals surface area contributed by atoms with Crippen molar-refractivity contribution in [3.05, 3.63) is 48.5 Å². The highest BCUT2D eigenvalue weighted by molar-refractivity contribution is 7.92. The van der Waals surface area contributed by atoms with Crippen molar-refractivity contribution in [2.24, 2.45) is 0 Å². The third-order valence-electron chi connectivity index (χ3n) is 4.81. The summed E-state index contributed by atoms with van der Waals surface area (Å²) < 4.78 is 41.5. The summed E-state index contributed by atoms with van der Waals surface area (Å²) in [5, 5.41) is 9.76. The van der Waals surface area contributed by atoms with E-state index in [9.17, 15) is 13.2 Å². The third-order valence-corrected chi connectivity index (χ3v) is 6.98. The SMILES string of the molecule is CC1Oc2ccccc2OC1C(=O)Nc1nnc(-c2ccc(S(=O)(=O)C(C)C)cc2)o1. The highest BCUT2D eigenvalue weighted by Gasteiger charge is 2.34. The maximum Gasteiger partial charge on any atom is 0.322 e. The smallest absolute Gasteiger partial charge is 0.322 e. The Bertz CT molecular complexity index is 1200. The molecule has 9 nitrogen and oxygen atoms in total. The van der Waals surface area contributed by atoms with Gasteiger partial charge in [0, 0.05) is 5.56 Å². The topological polar surface area (TPSA) is 121 Å². The van der Waals surface area contributed by atoms with Crippen molar-refractivity contribution in [3.63, 3.8) is 0 Å². The molecule has 0 aliphatic carbocycles. The second-order valence-corrected chi connectivity index (χ2v) is 9.83. The minimum absolute atomic E-state index is 0.103. The monoisotopic (exact) mass is 443 g/mol. The molecule has 0 saturated heterocycles. The molecule has 1 aliphatic heterocycles. The number of rotatable bonds is 5. The van der Waals surface area contributed by atoms with E-state index >= 15 is 0 Å². The molecule has 10 heteroatoms. The lowest BCUT2D eigenvalue weighted by molar-refractivity contribution is -0.128. The van der Waals surface area contributed by atoms with Gasteiger partial charge in [-0.3, -0.25) is 10.1 Å². The molecular formula is C21H21N3O6S. The molecule has 31 heavy (non-hydrogen) atoms. The van der Waals surface area contributed by atoms with Gasteiger partial charge in [0.15, 0.2) is 21.3 Å². The van der Waals surface area contributed by atoms with E-state index < -0.39 is 33.2 Å². The number of fused-ring (bicyclic) bond motifs is 1. The molecule has 1 aliphatic rings. The number of carbonyl (C=O) groups excluding carboxylic acids is 1. The summed E-state index contributed by atoms with van der Waals surface area (Å²) in [6.45, 7) is 4.97. The zero-order valence-corrected chi connectivity index (χ0v) is 17.9. The van der Waals surface area contributed by atoms with Gasteiger partial charge in [-0.25, -0.2) is 8.42 Å². The molecule has 0 radical (unpaired) electrons. The number of sulfone groups is 1. The van der Waals surface area contributed by atoms with Gasteiger partial charge in [-0.1, -0.05) is 17.2 Å². The largest absolute Gasteiger partial charge is 0.482 e. The lowest BCUT2D eigenvalue weighted by Gasteiger charge is -2.30. The van der Waals surface area contributed by atoms with Crippen LogP contribution in [-0.4, -0.2) is 42.0 Å². The standard InChI is InChI=1S/C21H21N3O6S/c1-12(2)31(26,27)15-10-8-14(9-11-15)20-23-24-21(30-20)22-19(25)18-13(3)28-16-6-4-5-7-17(16)29-18/h4-13,18H,1-3H3,(H,22,24,25). The zero-order valence-electron chi connectivity index (χ0n) is 17.1. The quantitative estimate of drug-likeness (QED) is 0.639. The molecule has 0 fully saturated rings. The molecule has 2 aromatic carbocycles. The summed E-state index contributed by atoms with van der Waals surface area (Å²) in [6.07, 6.45) is -1.42. The number of nitrogens with one attached hydrogen (secondary N) is 1. The van der Waals surface area contributed by atoms with E-state index in [1.165, 1.54) is 12.1 Å². The lowest BCUT2D eigenvalue weighted by Crippen LogP contribution is -2.46. The van der Waals surface area contributed by atoms with Gasteiger partial charge in [-0.15, -0.1) is 5.10 Å². The van der Waals surface area contributed by atoms with Crippen LogP contribution in [-0.2, 0) is 14.6 Å². The first kappa shape index (κ1) is 20.9. The second kappa shape index (κ2) is 8.03. The minimum Gasteiger partial charge on any atom is -0.482 e. The average Bonchev–Trinajstić information content (AvgIpc) is 3.21. The van der Waals surface area contributed by atoms with Gasteiger partial charge in [-0.05, 0) is 57.2 Å². The van der Waals surface area contributed by atoms with Crippen molar-refractivity contribution in [2.75, 3.05) is 5.32 Å². The third kappa shape index (κ3) is 4.11. The summed E-state index contributed by atoms with van der Waals surface area (Å²) in [5.41, 5.74) is 0.523. The van der Waals surface area contributed by atoms with Crippen LogP contribution >= 0.6 is 0 Å². The van der Waals surface area contributed by atoms with Crippen molar-refractivity contribution < 1.29 is 27.1 Å². The molecule has 0 saturated carbocycles. The number of benzene rings is 2. The number of para-hydroxylation sites is 2. The van der Waals surface area contributed by atoms with Crippen LogP contribution < -0.4 is 14.8 Å². The number of hydrogen-bond donors (Lipinski definition) is 1. The molecule has 1 N–H and O–H groups in total. The van der Waals surface area contributed by atoms with E-state index in [0.29, 0.717) is 17.1 Å². The fraction of sp³-hybridized carbons (Fsp3) is 0.286. The first-order valence-electron chi connectivity index (χ1n) is 9.67. The summed E-state index contributed by atoms with van der Waals surface area (Å²) in [7, 11) is -3.37. The van der Waals surface area contributed by atoms with Crippen molar-refractivity contribution >= 4 is 21.8 Å². The highest BCUT2D eigenvalue weighted by Crippen LogP contribution is 2.33. The molecule has 2 unspecified atom stereocenters. The number of amides is 1. The Morgan fingerprint density at radius 1 is 1.00 bits per heavy atom. The summed E-state index contributed by atoms with van der Waals surface area (Å²) >= 11 is 0. The van der Waals surface area contributed by atoms with E-state index in [2.05, 4.69) is 15.5 Å². The molecule has 1 aromatic heterocycles. The maximum atomic E-state index is 12.6. The molecule has 0 spiro atoms. The fourth-order valence-electron chi connectivity index (χ4n) is 3.03. The normalized spacial score (nSPS) is 18.1. The molecular weight excluding hydrogens is 422 g/mol. The Morgan fingerprint density at radius 2 is 1.65 bits per heavy atom. The highest BCUT2D eigenvalue weighted by atomic mass is 32.2. The number of aromatic nitrogens is 2. The van der Waals surface area contributed by atoms with Crippen molar-refractivity contribution in [1.82, 2.24) is 10.2 Å². The number of carbonyl (C=O) groups is 1. The van der Waals surface area contributed by atoms with Gasteiger partial charge in [0.2, 0.25) is 12.0 Å². The van der Waals surface area contributed by atoms with Gasteiger partial charge in [0.05, 0.1) is 10.1 Å². The predicted molar refractivity (Wildman–Crippen MR) is 112 cm³/mol. The van der Waals surface area contributed by atoms with Crippen molar-refractivity contribution in [1.29, 1.82) is 0 Å². The first-order chi connectivity index (χ1) is 14.8. The number of anilines is 1. The summed E-state index contributed by atoms with van der Waals surface area (Å²) in [5.74, 6) is 0.698. The van der Waals surface area contributed by atoms with Crippen LogP contribution in [0.5, 0.6) is 11.5 Å². The maximum absolute atomic E-state index is 12.6. The second-order valence-electron chi connectivity index (χ2n) is 7.33. The van der Waals surface area contributed by atoms with Crippen LogP contribution in [0.1, 0.15) is 20.8 Å². The van der Waals surface area contributed by atoms with Crippen LogP contribution in [0.3, 0.4) is 0 Å². The van der Waals surface area contributed by atoms with E-state index in [0.717, 1.165) is 0 Å². The zero-order chi connectivity index (χ0) is 22.2. The van der Waals surface area contributed by atoms with Crippen LogP contribution in [0.4, 0.5) is 6.01 Å². The molecule has 2 heterocycles. The van der Waals surface area contributed by atoms with Crippen LogP contribution in [0.2, 0.25) is 0 Å². The van der Waals surface area contributed by atoms with Gasteiger partial charge < -0.3 is 13.9 Å². The Labute approximate surface area is 179 Å². The Balaban J connectivity index is 1.46. The Morgan fingerprint density at radius 3 is 2.29 bits per heavy atom. The molecule has 0 bridgehead atoms. The van der Waals surface area contributed by atoms with Crippen LogP contribution in [0.25, 0.3) is 11.5 Å². The number of hydrogen-bond acceptors (Lipinski definition) is 8. The molecule has 1 amide bonds. The van der Waals surface area contributed by atoms with Gasteiger partial charge in [0.25, 0.3) is 5.91 Å². The van der Waals surface area contributed by atoms with Crippen LogP contribution in [0.15, 0.2) is 57.8 Å². The lowest BCUT2D eigenvalue weighted by atomic mass is 10.1. The average molecular weight is 443 g/mol. The molecule has 2 atom stereocenters. The molecule has 3 aromatic rings. The Hall–Kier alpha value is -3.40. The van der Waals surface area contributed by atoms with E-state index in [1.54, 1.807) is 51.1 Å². The first-order valence-corrected chi connectivity index (χ1v) is 11.2. The molecule has 162 valence electrons. The van der Waals surface area contributed by atoms with Gasteiger partial charge in [-0.2, -0.15) is 0 Å². The van der Waals surface area contributed by atoms with E-state index in [1.807, 2.05) is 6.07 Å². The van der Waals surface area contributed by atoms with Gasteiger partial charge in [0.1, 0.15) is 6.10 Å². The fourth-order valence-corrected chi connectivity index (χ4v) is 4.09. The predicted octanol–water partition coefficient (Wildman–Crippen LogP) is 3.09. The number of ether oxygens (including phenoxy) is 2. The Kier molecular flexibility index (Phi) is 5.40. The van der Waals surface area contributed by atoms with E-state index in [-0.39, 0.29) is 16.8 Å². The van der Waals surface area contributed by atoms with Crippen molar-refractivity contribution in [3.8, 4) is 23.0 Å². The van der Waals surface area contributed by atoms with Gasteiger partial charge >= 0.3 is 6.01 Å². The van der Waals surface area contributed by atoms with E-state index in [4.69, 9.17) is 13.9 Å². The summed E-state index contributed by atoms with van der Waals surface area (Å²) in [4.78, 5) is 12.9.